The van der Waals surface area contributed by atoms with Crippen LogP contribution in [0, 0.1) is 5.41 Å². The van der Waals surface area contributed by atoms with Crippen molar-refractivity contribution in [2.45, 2.75) is 6.92 Å². The first-order valence-electron chi connectivity index (χ1n) is 6.38. The minimum Gasteiger partial charge on any atom is -0.462 e. The Balaban J connectivity index is 2.24. The first-order chi connectivity index (χ1) is 9.76. The molecule has 0 unspecified atom stereocenters. The summed E-state index contributed by atoms with van der Waals surface area (Å²) in [7, 11) is 0. The number of hydrogen-bond donors (Lipinski definition) is 1. The van der Waals surface area contributed by atoms with E-state index < -0.39 is 0 Å². The van der Waals surface area contributed by atoms with Gasteiger partial charge in [0.2, 0.25) is 0 Å². The van der Waals surface area contributed by atoms with Crippen LogP contribution in [0.3, 0.4) is 0 Å². The molecule has 0 heterocycles. The molecule has 0 amide bonds. The lowest BCUT2D eigenvalue weighted by Crippen LogP contribution is -2.13. The maximum atomic E-state index is 11.6. The van der Waals surface area contributed by atoms with Crippen LogP contribution in [0.1, 0.15) is 17.3 Å². The zero-order valence-corrected chi connectivity index (χ0v) is 11.2. The van der Waals surface area contributed by atoms with Gasteiger partial charge in [0.05, 0.1) is 18.5 Å². The number of rotatable bonds is 5. The molecule has 20 heavy (non-hydrogen) atoms. The Morgan fingerprint density at radius 1 is 1.10 bits per heavy atom. The molecule has 102 valence electrons. The summed E-state index contributed by atoms with van der Waals surface area (Å²) in [6.45, 7) is 2.13. The summed E-state index contributed by atoms with van der Waals surface area (Å²) in [6.07, 6.45) is 1.24. The van der Waals surface area contributed by atoms with E-state index >= 15 is 0 Å². The number of benzene rings is 2. The molecule has 2 rings (SSSR count). The van der Waals surface area contributed by atoms with Gasteiger partial charge in [0.15, 0.2) is 0 Å². The summed E-state index contributed by atoms with van der Waals surface area (Å²) in [5.41, 5.74) is 2.22. The van der Waals surface area contributed by atoms with Crippen molar-refractivity contribution in [2.75, 3.05) is 11.5 Å². The van der Waals surface area contributed by atoms with E-state index in [-0.39, 0.29) is 5.97 Å². The zero-order valence-electron chi connectivity index (χ0n) is 11.2. The highest BCUT2D eigenvalue weighted by Gasteiger charge is 2.09. The minimum absolute atomic E-state index is 0.333. The van der Waals surface area contributed by atoms with Gasteiger partial charge in [-0.25, -0.2) is 4.79 Å². The van der Waals surface area contributed by atoms with E-state index in [4.69, 9.17) is 10.1 Å². The average molecular weight is 268 g/mol. The van der Waals surface area contributed by atoms with E-state index in [0.717, 1.165) is 11.4 Å². The van der Waals surface area contributed by atoms with E-state index in [2.05, 4.69) is 0 Å². The molecule has 0 fully saturated rings. The molecule has 4 heteroatoms. The molecule has 1 N–H and O–H groups in total. The number of carbonyl (C=O) groups is 1. The second-order valence-corrected chi connectivity index (χ2v) is 4.10. The van der Waals surface area contributed by atoms with Gasteiger partial charge in [0.25, 0.3) is 0 Å². The molecule has 0 aromatic heterocycles. The fourth-order valence-electron chi connectivity index (χ4n) is 1.86. The van der Waals surface area contributed by atoms with E-state index in [1.165, 1.54) is 6.34 Å². The van der Waals surface area contributed by atoms with Crippen LogP contribution in [0.15, 0.2) is 54.6 Å². The number of nitrogens with one attached hydrogen (secondary N) is 1. The van der Waals surface area contributed by atoms with E-state index in [1.54, 1.807) is 36.1 Å². The maximum absolute atomic E-state index is 11.6. The monoisotopic (exact) mass is 268 g/mol. The Bertz CT molecular complexity index is 579. The second-order valence-electron chi connectivity index (χ2n) is 4.10. The van der Waals surface area contributed by atoms with Gasteiger partial charge in [-0.15, -0.1) is 0 Å². The van der Waals surface area contributed by atoms with Crippen LogP contribution < -0.4 is 4.90 Å². The third kappa shape index (κ3) is 3.03. The number of para-hydroxylation sites is 1. The van der Waals surface area contributed by atoms with Gasteiger partial charge in [0.1, 0.15) is 0 Å². The molecular formula is C16H16N2O2. The molecule has 2 aromatic rings. The molecule has 0 atom stereocenters. The van der Waals surface area contributed by atoms with Crippen LogP contribution in [-0.4, -0.2) is 18.9 Å². The number of anilines is 2. The lowest BCUT2D eigenvalue weighted by molar-refractivity contribution is 0.0526. The van der Waals surface area contributed by atoms with Crippen molar-refractivity contribution in [3.8, 4) is 0 Å². The summed E-state index contributed by atoms with van der Waals surface area (Å²) in [5.74, 6) is -0.333. The molecule has 0 aliphatic heterocycles. The van der Waals surface area contributed by atoms with E-state index in [0.29, 0.717) is 12.2 Å². The smallest absolute Gasteiger partial charge is 0.338 e. The summed E-state index contributed by atoms with van der Waals surface area (Å²) in [5, 5.41) is 7.55. The van der Waals surface area contributed by atoms with Gasteiger partial charge in [-0.05, 0) is 43.3 Å². The largest absolute Gasteiger partial charge is 0.462 e. The number of hydrogen-bond acceptors (Lipinski definition) is 3. The molecule has 0 bridgehead atoms. The molecule has 0 aliphatic carbocycles. The van der Waals surface area contributed by atoms with Crippen molar-refractivity contribution in [3.05, 3.63) is 60.2 Å². The third-order valence-corrected chi connectivity index (χ3v) is 2.82. The van der Waals surface area contributed by atoms with Crippen molar-refractivity contribution >= 4 is 23.7 Å². The quantitative estimate of drug-likeness (QED) is 0.512. The van der Waals surface area contributed by atoms with Gasteiger partial charge < -0.3 is 9.64 Å². The molecule has 0 saturated heterocycles. The highest BCUT2D eigenvalue weighted by Crippen LogP contribution is 2.23. The highest BCUT2D eigenvalue weighted by molar-refractivity contribution is 5.92. The predicted octanol–water partition coefficient (Wildman–Crippen LogP) is 3.61. The SMILES string of the molecule is CCOC(=O)c1ccc(N(C=N)c2ccccc2)cc1. The van der Waals surface area contributed by atoms with Gasteiger partial charge in [-0.3, -0.25) is 5.41 Å². The highest BCUT2D eigenvalue weighted by atomic mass is 16.5. The summed E-state index contributed by atoms with van der Waals surface area (Å²) >= 11 is 0. The van der Waals surface area contributed by atoms with Crippen molar-refractivity contribution in [2.24, 2.45) is 0 Å². The van der Waals surface area contributed by atoms with Crippen LogP contribution >= 0.6 is 0 Å². The second kappa shape index (κ2) is 6.52. The van der Waals surface area contributed by atoms with Gasteiger partial charge in [-0.1, -0.05) is 18.2 Å². The first kappa shape index (κ1) is 13.8. The van der Waals surface area contributed by atoms with Gasteiger partial charge in [-0.2, -0.15) is 0 Å². The summed E-state index contributed by atoms with van der Waals surface area (Å²) in [6, 6.07) is 16.6. The molecule has 0 spiro atoms. The average Bonchev–Trinajstić information content (AvgIpc) is 2.50. The molecule has 0 radical (unpaired) electrons. The fourth-order valence-corrected chi connectivity index (χ4v) is 1.86. The van der Waals surface area contributed by atoms with Crippen molar-refractivity contribution in [1.82, 2.24) is 0 Å². The number of ether oxygens (including phenoxy) is 1. The van der Waals surface area contributed by atoms with Crippen LogP contribution in [0.25, 0.3) is 0 Å². The Morgan fingerprint density at radius 3 is 2.25 bits per heavy atom. The first-order valence-corrected chi connectivity index (χ1v) is 6.38. The van der Waals surface area contributed by atoms with Crippen LogP contribution in [0.5, 0.6) is 0 Å². The Hall–Kier alpha value is -2.62. The lowest BCUT2D eigenvalue weighted by Gasteiger charge is -2.19. The maximum Gasteiger partial charge on any atom is 0.338 e. The topological polar surface area (TPSA) is 53.4 Å². The number of esters is 1. The third-order valence-electron chi connectivity index (χ3n) is 2.82. The Kier molecular flexibility index (Phi) is 4.50. The van der Waals surface area contributed by atoms with Crippen molar-refractivity contribution < 1.29 is 9.53 Å². The van der Waals surface area contributed by atoms with E-state index in [9.17, 15) is 4.79 Å². The van der Waals surface area contributed by atoms with E-state index in [1.807, 2.05) is 30.3 Å². The normalized spacial score (nSPS) is 9.85. The lowest BCUT2D eigenvalue weighted by atomic mass is 10.2. The molecule has 0 aliphatic rings. The van der Waals surface area contributed by atoms with Crippen LogP contribution in [0.2, 0.25) is 0 Å². The Morgan fingerprint density at radius 2 is 1.70 bits per heavy atom. The molecule has 2 aromatic carbocycles. The summed E-state index contributed by atoms with van der Waals surface area (Å²) < 4.78 is 4.94. The van der Waals surface area contributed by atoms with Gasteiger partial charge >= 0.3 is 5.97 Å². The Labute approximate surface area is 118 Å². The molecule has 0 saturated carbocycles. The summed E-state index contributed by atoms with van der Waals surface area (Å²) in [4.78, 5) is 13.3. The number of carbonyl (C=O) groups excluding carboxylic acids is 1. The standard InChI is InChI=1S/C16H16N2O2/c1-2-20-16(19)13-8-10-15(11-9-13)18(12-17)14-6-4-3-5-7-14/h3-12,17H,2H2,1H3. The fraction of sp³-hybridized carbons (Fsp3) is 0.125. The minimum atomic E-state index is -0.333. The van der Waals surface area contributed by atoms with Crippen LogP contribution in [0.4, 0.5) is 11.4 Å². The predicted molar refractivity (Wildman–Crippen MR) is 79.8 cm³/mol. The van der Waals surface area contributed by atoms with Gasteiger partial charge in [0, 0.05) is 11.4 Å². The van der Waals surface area contributed by atoms with Crippen LogP contribution in [-0.2, 0) is 4.74 Å². The van der Waals surface area contributed by atoms with Crippen molar-refractivity contribution in [3.63, 3.8) is 0 Å². The van der Waals surface area contributed by atoms with Crippen molar-refractivity contribution in [1.29, 1.82) is 5.41 Å². The molecular weight excluding hydrogens is 252 g/mol. The molecule has 4 nitrogen and oxygen atoms in total. The number of nitrogens with zero attached hydrogens (tertiary/aromatic N) is 1. The zero-order chi connectivity index (χ0) is 14.4.